The molecule has 3 aliphatic rings. The van der Waals surface area contributed by atoms with Gasteiger partial charge < -0.3 is 15.4 Å². The molecule has 1 aliphatic carbocycles. The molecule has 3 fully saturated rings. The third-order valence-corrected chi connectivity index (χ3v) is 4.69. The Labute approximate surface area is 137 Å². The lowest BCUT2D eigenvalue weighted by Crippen LogP contribution is -2.52. The standard InChI is InChI=1S/C16H28N4O3/c21-15(17-10-14-2-1-9-23-14)11-19-5-7-20(8-6-19)12-16(22)18-13-3-4-13/h13-14H,1-12H2,(H,17,21)(H,18,22)/t14-/m0/s1. The molecule has 0 aromatic heterocycles. The van der Waals surface area contributed by atoms with E-state index < -0.39 is 0 Å². The molecule has 2 N–H and O–H groups in total. The monoisotopic (exact) mass is 324 g/mol. The maximum atomic E-state index is 12.0. The van der Waals surface area contributed by atoms with Crippen LogP contribution in [0.5, 0.6) is 0 Å². The molecule has 2 amide bonds. The van der Waals surface area contributed by atoms with Gasteiger partial charge in [0, 0.05) is 45.4 Å². The summed E-state index contributed by atoms with van der Waals surface area (Å²) in [5, 5.41) is 5.98. The van der Waals surface area contributed by atoms with Crippen LogP contribution in [0.2, 0.25) is 0 Å². The van der Waals surface area contributed by atoms with Crippen molar-refractivity contribution in [2.24, 2.45) is 0 Å². The van der Waals surface area contributed by atoms with Crippen LogP contribution < -0.4 is 10.6 Å². The Morgan fingerprint density at radius 2 is 1.61 bits per heavy atom. The smallest absolute Gasteiger partial charge is 0.234 e. The van der Waals surface area contributed by atoms with Crippen LogP contribution in [0.1, 0.15) is 25.7 Å². The van der Waals surface area contributed by atoms with Gasteiger partial charge >= 0.3 is 0 Å². The van der Waals surface area contributed by atoms with Crippen molar-refractivity contribution in [3.8, 4) is 0 Å². The second-order valence-corrected chi connectivity index (χ2v) is 6.83. The summed E-state index contributed by atoms with van der Waals surface area (Å²) in [5.41, 5.74) is 0. The lowest BCUT2D eigenvalue weighted by Gasteiger charge is -2.33. The summed E-state index contributed by atoms with van der Waals surface area (Å²) in [6, 6.07) is 0.427. The van der Waals surface area contributed by atoms with Crippen LogP contribution in [0, 0.1) is 0 Å². The number of piperazine rings is 1. The summed E-state index contributed by atoms with van der Waals surface area (Å²) in [7, 11) is 0. The lowest BCUT2D eigenvalue weighted by molar-refractivity contribution is -0.125. The summed E-state index contributed by atoms with van der Waals surface area (Å²) in [4.78, 5) is 28.1. The van der Waals surface area contributed by atoms with Gasteiger partial charge in [-0.15, -0.1) is 0 Å². The Balaban J connectivity index is 1.27. The predicted octanol–water partition coefficient (Wildman–Crippen LogP) is -0.822. The van der Waals surface area contributed by atoms with Crippen molar-refractivity contribution in [3.63, 3.8) is 0 Å². The van der Waals surface area contributed by atoms with Gasteiger partial charge in [-0.25, -0.2) is 0 Å². The van der Waals surface area contributed by atoms with Gasteiger partial charge in [-0.2, -0.15) is 0 Å². The first kappa shape index (κ1) is 16.7. The molecule has 2 heterocycles. The molecule has 7 nitrogen and oxygen atoms in total. The van der Waals surface area contributed by atoms with E-state index in [1.807, 2.05) is 0 Å². The molecular formula is C16H28N4O3. The highest BCUT2D eigenvalue weighted by Gasteiger charge is 2.25. The highest BCUT2D eigenvalue weighted by atomic mass is 16.5. The molecule has 0 radical (unpaired) electrons. The van der Waals surface area contributed by atoms with E-state index in [1.165, 1.54) is 0 Å². The number of carbonyl (C=O) groups excluding carboxylic acids is 2. The minimum atomic E-state index is 0.0698. The number of rotatable bonds is 7. The molecule has 2 saturated heterocycles. The largest absolute Gasteiger partial charge is 0.376 e. The van der Waals surface area contributed by atoms with Gasteiger partial charge in [-0.05, 0) is 25.7 Å². The van der Waals surface area contributed by atoms with Gasteiger partial charge in [0.1, 0.15) is 0 Å². The highest BCUT2D eigenvalue weighted by molar-refractivity contribution is 5.79. The summed E-state index contributed by atoms with van der Waals surface area (Å²) < 4.78 is 5.50. The van der Waals surface area contributed by atoms with Crippen LogP contribution in [0.25, 0.3) is 0 Å². The predicted molar refractivity (Wildman–Crippen MR) is 86.0 cm³/mol. The van der Waals surface area contributed by atoms with Crippen molar-refractivity contribution >= 4 is 11.8 Å². The fraction of sp³-hybridized carbons (Fsp3) is 0.875. The van der Waals surface area contributed by atoms with E-state index in [1.54, 1.807) is 0 Å². The normalized spacial score (nSPS) is 26.2. The quantitative estimate of drug-likeness (QED) is 0.640. The molecule has 3 rings (SSSR count). The molecule has 1 atom stereocenters. The van der Waals surface area contributed by atoms with Crippen LogP contribution in [0.4, 0.5) is 0 Å². The molecule has 23 heavy (non-hydrogen) atoms. The first-order chi connectivity index (χ1) is 11.2. The summed E-state index contributed by atoms with van der Waals surface area (Å²) in [6.45, 7) is 5.73. The Morgan fingerprint density at radius 1 is 0.957 bits per heavy atom. The Kier molecular flexibility index (Phi) is 5.85. The van der Waals surface area contributed by atoms with Gasteiger partial charge in [-0.1, -0.05) is 0 Å². The third kappa shape index (κ3) is 5.75. The molecule has 0 spiro atoms. The summed E-state index contributed by atoms with van der Waals surface area (Å²) in [5.74, 6) is 0.204. The van der Waals surface area contributed by atoms with E-state index in [0.717, 1.165) is 58.5 Å². The van der Waals surface area contributed by atoms with Crippen LogP contribution in [-0.2, 0) is 14.3 Å². The Morgan fingerprint density at radius 3 is 2.17 bits per heavy atom. The van der Waals surface area contributed by atoms with Gasteiger partial charge in [-0.3, -0.25) is 19.4 Å². The average molecular weight is 324 g/mol. The second-order valence-electron chi connectivity index (χ2n) is 6.83. The fourth-order valence-corrected chi connectivity index (χ4v) is 3.10. The van der Waals surface area contributed by atoms with Crippen molar-refractivity contribution in [2.45, 2.75) is 37.8 Å². The SMILES string of the molecule is O=C(CN1CCN(CC(=O)NC2CC2)CC1)NC[C@@H]1CCCO1. The van der Waals surface area contributed by atoms with Crippen molar-refractivity contribution in [1.29, 1.82) is 0 Å². The molecular weight excluding hydrogens is 296 g/mol. The first-order valence-electron chi connectivity index (χ1n) is 8.81. The molecule has 130 valence electrons. The minimum absolute atomic E-state index is 0.0698. The van der Waals surface area contributed by atoms with Gasteiger partial charge in [0.2, 0.25) is 11.8 Å². The van der Waals surface area contributed by atoms with Crippen molar-refractivity contribution in [1.82, 2.24) is 20.4 Å². The van der Waals surface area contributed by atoms with E-state index in [0.29, 0.717) is 25.7 Å². The third-order valence-electron chi connectivity index (χ3n) is 4.69. The van der Waals surface area contributed by atoms with Gasteiger partial charge in [0.25, 0.3) is 0 Å². The second kappa shape index (κ2) is 8.08. The zero-order valence-corrected chi connectivity index (χ0v) is 13.8. The molecule has 1 saturated carbocycles. The summed E-state index contributed by atoms with van der Waals surface area (Å²) in [6.07, 6.45) is 4.58. The number of ether oxygens (including phenoxy) is 1. The van der Waals surface area contributed by atoms with Crippen LogP contribution in [-0.4, -0.2) is 86.2 Å². The minimum Gasteiger partial charge on any atom is -0.376 e. The number of carbonyl (C=O) groups is 2. The number of amides is 2. The molecule has 0 unspecified atom stereocenters. The van der Waals surface area contributed by atoms with E-state index in [9.17, 15) is 9.59 Å². The zero-order chi connectivity index (χ0) is 16.1. The van der Waals surface area contributed by atoms with Crippen molar-refractivity contribution in [3.05, 3.63) is 0 Å². The maximum Gasteiger partial charge on any atom is 0.234 e. The van der Waals surface area contributed by atoms with Crippen LogP contribution in [0.15, 0.2) is 0 Å². The van der Waals surface area contributed by atoms with Gasteiger partial charge in [0.15, 0.2) is 0 Å². The molecule has 0 aromatic carbocycles. The zero-order valence-electron chi connectivity index (χ0n) is 13.8. The van der Waals surface area contributed by atoms with E-state index in [-0.39, 0.29) is 17.9 Å². The van der Waals surface area contributed by atoms with E-state index >= 15 is 0 Å². The number of hydrogen-bond donors (Lipinski definition) is 2. The van der Waals surface area contributed by atoms with Crippen molar-refractivity contribution < 1.29 is 14.3 Å². The first-order valence-corrected chi connectivity index (χ1v) is 8.81. The van der Waals surface area contributed by atoms with Crippen molar-refractivity contribution in [2.75, 3.05) is 52.4 Å². The Bertz CT molecular complexity index is 414. The molecule has 2 aliphatic heterocycles. The molecule has 0 bridgehead atoms. The Hall–Kier alpha value is -1.18. The topological polar surface area (TPSA) is 73.9 Å². The highest BCUT2D eigenvalue weighted by Crippen LogP contribution is 2.18. The number of nitrogens with one attached hydrogen (secondary N) is 2. The summed E-state index contributed by atoms with van der Waals surface area (Å²) >= 11 is 0. The van der Waals surface area contributed by atoms with Gasteiger partial charge in [0.05, 0.1) is 19.2 Å². The number of hydrogen-bond acceptors (Lipinski definition) is 5. The number of nitrogens with zero attached hydrogens (tertiary/aromatic N) is 2. The lowest BCUT2D eigenvalue weighted by atomic mass is 10.2. The van der Waals surface area contributed by atoms with E-state index in [4.69, 9.17) is 4.74 Å². The average Bonchev–Trinajstić information content (AvgIpc) is 3.18. The maximum absolute atomic E-state index is 12.0. The molecule has 7 heteroatoms. The van der Waals surface area contributed by atoms with Crippen LogP contribution in [0.3, 0.4) is 0 Å². The van der Waals surface area contributed by atoms with E-state index in [2.05, 4.69) is 20.4 Å². The van der Waals surface area contributed by atoms with Crippen LogP contribution >= 0.6 is 0 Å². The molecule has 0 aromatic rings. The fourth-order valence-electron chi connectivity index (χ4n) is 3.10.